The van der Waals surface area contributed by atoms with Gasteiger partial charge in [0.2, 0.25) is 10.0 Å². The summed E-state index contributed by atoms with van der Waals surface area (Å²) in [5.41, 5.74) is 0.310. The summed E-state index contributed by atoms with van der Waals surface area (Å²) in [4.78, 5) is 0.0756. The number of methoxy groups -OCH3 is 1. The summed E-state index contributed by atoms with van der Waals surface area (Å²) in [5.74, 6) is 0.394. The molecule has 146 valence electrons. The molecule has 0 unspecified atom stereocenters. The molecular weight excluding hydrogens is 388 g/mol. The molecule has 0 amide bonds. The van der Waals surface area contributed by atoms with Gasteiger partial charge < -0.3 is 4.74 Å². The Hall–Kier alpha value is -2.10. The van der Waals surface area contributed by atoms with Crippen molar-refractivity contribution in [2.45, 2.75) is 29.1 Å². The van der Waals surface area contributed by atoms with E-state index in [1.54, 1.807) is 24.3 Å². The fourth-order valence-electron chi connectivity index (χ4n) is 2.98. The average molecular weight is 411 g/mol. The summed E-state index contributed by atoms with van der Waals surface area (Å²) in [7, 11) is -6.02. The van der Waals surface area contributed by atoms with Crippen LogP contribution in [0.2, 0.25) is 0 Å². The van der Waals surface area contributed by atoms with Crippen molar-refractivity contribution in [2.24, 2.45) is 0 Å². The van der Waals surface area contributed by atoms with Crippen LogP contribution in [0.4, 0.5) is 5.69 Å². The molecule has 1 aliphatic rings. The lowest BCUT2D eigenvalue weighted by atomic mass is 10.2. The van der Waals surface area contributed by atoms with Gasteiger partial charge in [0, 0.05) is 13.1 Å². The number of hydrogen-bond donors (Lipinski definition) is 1. The Kier molecular flexibility index (Phi) is 5.73. The van der Waals surface area contributed by atoms with E-state index < -0.39 is 20.0 Å². The van der Waals surface area contributed by atoms with E-state index in [2.05, 4.69) is 4.72 Å². The summed E-state index contributed by atoms with van der Waals surface area (Å²) >= 11 is 0. The number of ether oxygens (including phenoxy) is 1. The highest BCUT2D eigenvalue weighted by molar-refractivity contribution is 7.92. The van der Waals surface area contributed by atoms with Gasteiger partial charge in [-0.15, -0.1) is 0 Å². The van der Waals surface area contributed by atoms with Crippen molar-refractivity contribution < 1.29 is 21.6 Å². The molecule has 27 heavy (non-hydrogen) atoms. The maximum atomic E-state index is 12.7. The van der Waals surface area contributed by atoms with Gasteiger partial charge >= 0.3 is 0 Å². The number of para-hydroxylation sites is 2. The second-order valence-corrected chi connectivity index (χ2v) is 9.86. The minimum atomic E-state index is -3.87. The molecule has 0 spiro atoms. The largest absolute Gasteiger partial charge is 0.495 e. The number of piperidine rings is 1. The normalized spacial score (nSPS) is 16.0. The molecule has 0 aromatic heterocycles. The molecule has 9 heteroatoms. The zero-order chi connectivity index (χ0) is 19.5. The van der Waals surface area contributed by atoms with Crippen LogP contribution in [0.5, 0.6) is 5.75 Å². The monoisotopic (exact) mass is 410 g/mol. The van der Waals surface area contributed by atoms with Gasteiger partial charge in [-0.25, -0.2) is 16.8 Å². The van der Waals surface area contributed by atoms with Crippen LogP contribution in [0.3, 0.4) is 0 Å². The first-order valence-electron chi connectivity index (χ1n) is 8.61. The van der Waals surface area contributed by atoms with Crippen LogP contribution in [-0.2, 0) is 20.0 Å². The van der Waals surface area contributed by atoms with E-state index in [0.29, 0.717) is 24.5 Å². The molecule has 0 aliphatic carbocycles. The number of sulfonamides is 2. The maximum absolute atomic E-state index is 12.7. The van der Waals surface area contributed by atoms with E-state index in [1.807, 2.05) is 0 Å². The highest BCUT2D eigenvalue weighted by Gasteiger charge is 2.26. The highest BCUT2D eigenvalue weighted by atomic mass is 32.2. The summed E-state index contributed by atoms with van der Waals surface area (Å²) in [6.45, 7) is 0.996. The minimum Gasteiger partial charge on any atom is -0.495 e. The van der Waals surface area contributed by atoms with Crippen LogP contribution in [0.25, 0.3) is 0 Å². The molecule has 7 nitrogen and oxygen atoms in total. The number of anilines is 1. The molecule has 1 fully saturated rings. The Morgan fingerprint density at radius 3 is 2.07 bits per heavy atom. The molecule has 2 aromatic carbocycles. The molecule has 0 atom stereocenters. The zero-order valence-electron chi connectivity index (χ0n) is 15.0. The van der Waals surface area contributed by atoms with Crippen molar-refractivity contribution in [2.75, 3.05) is 24.9 Å². The topological polar surface area (TPSA) is 92.8 Å². The first-order chi connectivity index (χ1) is 12.8. The van der Waals surface area contributed by atoms with Crippen LogP contribution in [0.15, 0.2) is 58.3 Å². The Labute approximate surface area is 160 Å². The standard InChI is InChI=1S/C18H22N2O5S2/c1-25-18-8-4-3-7-17(18)19-26(21,22)15-9-11-16(12-10-15)27(23,24)20-13-5-2-6-14-20/h3-4,7-12,19H,2,5-6,13-14H2,1H3. The van der Waals surface area contributed by atoms with Crippen molar-refractivity contribution in [3.63, 3.8) is 0 Å². The van der Waals surface area contributed by atoms with Gasteiger partial charge in [0.15, 0.2) is 0 Å². The highest BCUT2D eigenvalue weighted by Crippen LogP contribution is 2.27. The molecule has 1 aliphatic heterocycles. The fourth-order valence-corrected chi connectivity index (χ4v) is 5.57. The predicted octanol–water partition coefficient (Wildman–Crippen LogP) is 2.67. The second-order valence-electron chi connectivity index (χ2n) is 6.24. The van der Waals surface area contributed by atoms with Crippen molar-refractivity contribution in [1.82, 2.24) is 4.31 Å². The van der Waals surface area contributed by atoms with E-state index in [4.69, 9.17) is 4.74 Å². The molecule has 0 saturated carbocycles. The van der Waals surface area contributed by atoms with Crippen molar-refractivity contribution in [3.8, 4) is 5.75 Å². The molecule has 0 radical (unpaired) electrons. The van der Waals surface area contributed by atoms with Gasteiger partial charge in [0.05, 0.1) is 22.6 Å². The van der Waals surface area contributed by atoms with Crippen molar-refractivity contribution in [3.05, 3.63) is 48.5 Å². The smallest absolute Gasteiger partial charge is 0.262 e. The first kappa shape index (κ1) is 19.7. The van der Waals surface area contributed by atoms with Crippen molar-refractivity contribution in [1.29, 1.82) is 0 Å². The summed E-state index contributed by atoms with van der Waals surface area (Å²) < 4.78 is 59.6. The van der Waals surface area contributed by atoms with E-state index in [0.717, 1.165) is 19.3 Å². The molecule has 1 N–H and O–H groups in total. The van der Waals surface area contributed by atoms with Crippen LogP contribution in [-0.4, -0.2) is 41.3 Å². The Balaban J connectivity index is 1.84. The third-order valence-electron chi connectivity index (χ3n) is 4.44. The number of rotatable bonds is 6. The lowest BCUT2D eigenvalue weighted by molar-refractivity contribution is 0.346. The van der Waals surface area contributed by atoms with E-state index >= 15 is 0 Å². The lowest BCUT2D eigenvalue weighted by Gasteiger charge is -2.25. The molecule has 1 saturated heterocycles. The SMILES string of the molecule is COc1ccccc1NS(=O)(=O)c1ccc(S(=O)(=O)N2CCCCC2)cc1. The lowest BCUT2D eigenvalue weighted by Crippen LogP contribution is -2.35. The number of benzene rings is 2. The number of nitrogens with one attached hydrogen (secondary N) is 1. The third-order valence-corrected chi connectivity index (χ3v) is 7.73. The number of nitrogens with zero attached hydrogens (tertiary/aromatic N) is 1. The second kappa shape index (κ2) is 7.87. The Morgan fingerprint density at radius 2 is 1.44 bits per heavy atom. The zero-order valence-corrected chi connectivity index (χ0v) is 16.6. The molecule has 2 aromatic rings. The maximum Gasteiger partial charge on any atom is 0.262 e. The molecule has 3 rings (SSSR count). The molecule has 1 heterocycles. The van der Waals surface area contributed by atoms with Gasteiger partial charge in [0.25, 0.3) is 10.0 Å². The minimum absolute atomic E-state index is 0.0222. The van der Waals surface area contributed by atoms with Crippen LogP contribution in [0.1, 0.15) is 19.3 Å². The predicted molar refractivity (Wildman–Crippen MR) is 103 cm³/mol. The number of hydrogen-bond acceptors (Lipinski definition) is 5. The van der Waals surface area contributed by atoms with E-state index in [1.165, 1.54) is 35.7 Å². The Morgan fingerprint density at radius 1 is 0.852 bits per heavy atom. The summed E-state index contributed by atoms with van der Waals surface area (Å²) in [6.07, 6.45) is 2.71. The Bertz CT molecular complexity index is 996. The quantitative estimate of drug-likeness (QED) is 0.790. The third kappa shape index (κ3) is 4.26. The molecular formula is C18H22N2O5S2. The van der Waals surface area contributed by atoms with Crippen LogP contribution >= 0.6 is 0 Å². The van der Waals surface area contributed by atoms with Gasteiger partial charge in [-0.1, -0.05) is 18.6 Å². The average Bonchev–Trinajstić information content (AvgIpc) is 2.69. The fraction of sp³-hybridized carbons (Fsp3) is 0.333. The van der Waals surface area contributed by atoms with E-state index in [-0.39, 0.29) is 9.79 Å². The van der Waals surface area contributed by atoms with Gasteiger partial charge in [-0.3, -0.25) is 4.72 Å². The van der Waals surface area contributed by atoms with E-state index in [9.17, 15) is 16.8 Å². The summed E-state index contributed by atoms with van der Waals surface area (Å²) in [5, 5.41) is 0. The van der Waals surface area contributed by atoms with Crippen LogP contribution < -0.4 is 9.46 Å². The molecule has 0 bridgehead atoms. The summed E-state index contributed by atoms with van der Waals surface area (Å²) in [6, 6.07) is 11.9. The van der Waals surface area contributed by atoms with Crippen molar-refractivity contribution >= 4 is 25.7 Å². The van der Waals surface area contributed by atoms with Crippen LogP contribution in [0, 0.1) is 0 Å². The van der Waals surface area contributed by atoms with Gasteiger partial charge in [-0.2, -0.15) is 4.31 Å². The van der Waals surface area contributed by atoms with Gasteiger partial charge in [0.1, 0.15) is 5.75 Å². The first-order valence-corrected chi connectivity index (χ1v) is 11.5. The van der Waals surface area contributed by atoms with Gasteiger partial charge in [-0.05, 0) is 49.2 Å².